The van der Waals surface area contributed by atoms with Gasteiger partial charge in [-0.2, -0.15) is 10.2 Å². The van der Waals surface area contributed by atoms with Gasteiger partial charge in [0.1, 0.15) is 5.82 Å². The predicted molar refractivity (Wildman–Crippen MR) is 97.7 cm³/mol. The van der Waals surface area contributed by atoms with Crippen LogP contribution < -0.4 is 5.32 Å². The Morgan fingerprint density at radius 3 is 2.72 bits per heavy atom. The molecule has 7 heteroatoms. The summed E-state index contributed by atoms with van der Waals surface area (Å²) < 4.78 is 3.57. The molecule has 0 radical (unpaired) electrons. The van der Waals surface area contributed by atoms with Crippen LogP contribution in [-0.2, 0) is 17.9 Å². The molecule has 0 fully saturated rings. The van der Waals surface area contributed by atoms with Gasteiger partial charge in [0.15, 0.2) is 0 Å². The number of carbonyl (C=O) groups is 1. The second kappa shape index (κ2) is 7.53. The van der Waals surface area contributed by atoms with Crippen LogP contribution in [-0.4, -0.2) is 25.5 Å². The second-order valence-electron chi connectivity index (χ2n) is 5.91. The fourth-order valence-corrected chi connectivity index (χ4v) is 2.86. The Bertz CT molecular complexity index is 883. The fourth-order valence-electron chi connectivity index (χ4n) is 2.67. The number of carbonyl (C=O) groups excluding carboxylic acids is 1. The zero-order chi connectivity index (χ0) is 17.8. The van der Waals surface area contributed by atoms with E-state index in [1.54, 1.807) is 16.9 Å². The number of rotatable bonds is 6. The molecule has 1 amide bonds. The van der Waals surface area contributed by atoms with Gasteiger partial charge in [-0.1, -0.05) is 29.8 Å². The number of anilines is 1. The summed E-state index contributed by atoms with van der Waals surface area (Å²) in [4.78, 5) is 12.3. The molecule has 0 saturated heterocycles. The molecule has 0 spiro atoms. The van der Waals surface area contributed by atoms with E-state index >= 15 is 0 Å². The molecule has 2 aromatic heterocycles. The minimum Gasteiger partial charge on any atom is -0.311 e. The van der Waals surface area contributed by atoms with E-state index in [4.69, 9.17) is 11.6 Å². The predicted octanol–water partition coefficient (Wildman–Crippen LogP) is 3.43. The van der Waals surface area contributed by atoms with E-state index in [1.807, 2.05) is 48.9 Å². The summed E-state index contributed by atoms with van der Waals surface area (Å²) in [5, 5.41) is 12.2. The van der Waals surface area contributed by atoms with Crippen molar-refractivity contribution in [2.75, 3.05) is 5.32 Å². The first-order valence-electron chi connectivity index (χ1n) is 8.09. The van der Waals surface area contributed by atoms with Crippen molar-refractivity contribution in [2.24, 2.45) is 0 Å². The monoisotopic (exact) mass is 357 g/mol. The van der Waals surface area contributed by atoms with Crippen LogP contribution in [0, 0.1) is 13.8 Å². The van der Waals surface area contributed by atoms with Gasteiger partial charge < -0.3 is 5.32 Å². The molecule has 0 saturated carbocycles. The third-order valence-electron chi connectivity index (χ3n) is 3.92. The van der Waals surface area contributed by atoms with E-state index in [2.05, 4.69) is 15.5 Å². The maximum atomic E-state index is 12.3. The number of halogens is 1. The smallest absolute Gasteiger partial charge is 0.227 e. The summed E-state index contributed by atoms with van der Waals surface area (Å²) >= 11 is 6.20. The van der Waals surface area contributed by atoms with Gasteiger partial charge in [-0.05, 0) is 31.5 Å². The largest absolute Gasteiger partial charge is 0.311 e. The Morgan fingerprint density at radius 2 is 2.00 bits per heavy atom. The zero-order valence-corrected chi connectivity index (χ0v) is 15.0. The zero-order valence-electron chi connectivity index (χ0n) is 14.2. The summed E-state index contributed by atoms with van der Waals surface area (Å²) in [5.41, 5.74) is 2.95. The maximum Gasteiger partial charge on any atom is 0.227 e. The SMILES string of the molecule is Cc1cc(C)n(CCC(=O)Nc2ccnn2Cc2ccccc2Cl)n1. The molecule has 0 aliphatic rings. The van der Waals surface area contributed by atoms with Crippen molar-refractivity contribution in [3.05, 3.63) is 64.6 Å². The highest BCUT2D eigenvalue weighted by Gasteiger charge is 2.10. The van der Waals surface area contributed by atoms with E-state index in [-0.39, 0.29) is 5.91 Å². The Hall–Kier alpha value is -2.60. The normalized spacial score (nSPS) is 10.8. The number of hydrogen-bond donors (Lipinski definition) is 1. The number of nitrogens with one attached hydrogen (secondary N) is 1. The number of aryl methyl sites for hydroxylation is 3. The maximum absolute atomic E-state index is 12.3. The number of hydrogen-bond acceptors (Lipinski definition) is 3. The van der Waals surface area contributed by atoms with Crippen LogP contribution >= 0.6 is 11.6 Å². The average molecular weight is 358 g/mol. The van der Waals surface area contributed by atoms with Crippen molar-refractivity contribution < 1.29 is 4.79 Å². The highest BCUT2D eigenvalue weighted by Crippen LogP contribution is 2.18. The van der Waals surface area contributed by atoms with Gasteiger partial charge in [0, 0.05) is 29.7 Å². The lowest BCUT2D eigenvalue weighted by Gasteiger charge is -2.10. The second-order valence-corrected chi connectivity index (χ2v) is 6.32. The molecule has 3 aromatic rings. The summed E-state index contributed by atoms with van der Waals surface area (Å²) in [6.45, 7) is 4.97. The van der Waals surface area contributed by atoms with Crippen molar-refractivity contribution in [1.82, 2.24) is 19.6 Å². The van der Waals surface area contributed by atoms with Gasteiger partial charge in [-0.3, -0.25) is 9.48 Å². The number of nitrogens with zero attached hydrogens (tertiary/aromatic N) is 4. The van der Waals surface area contributed by atoms with E-state index in [0.29, 0.717) is 30.4 Å². The van der Waals surface area contributed by atoms with Crippen LogP contribution in [0.5, 0.6) is 0 Å². The van der Waals surface area contributed by atoms with Crippen molar-refractivity contribution in [2.45, 2.75) is 33.4 Å². The summed E-state index contributed by atoms with van der Waals surface area (Å²) in [5.74, 6) is 0.576. The molecular formula is C18H20ClN5O. The Kier molecular flexibility index (Phi) is 5.19. The molecule has 0 aliphatic heterocycles. The molecule has 0 bridgehead atoms. The number of aromatic nitrogens is 4. The number of amides is 1. The lowest BCUT2D eigenvalue weighted by Crippen LogP contribution is -2.18. The van der Waals surface area contributed by atoms with Gasteiger partial charge in [-0.25, -0.2) is 4.68 Å². The highest BCUT2D eigenvalue weighted by molar-refractivity contribution is 6.31. The van der Waals surface area contributed by atoms with Crippen LogP contribution in [0.2, 0.25) is 5.02 Å². The molecular weight excluding hydrogens is 338 g/mol. The first kappa shape index (κ1) is 17.2. The van der Waals surface area contributed by atoms with Gasteiger partial charge >= 0.3 is 0 Å². The molecule has 130 valence electrons. The van der Waals surface area contributed by atoms with Crippen molar-refractivity contribution in [3.63, 3.8) is 0 Å². The molecule has 0 aliphatic carbocycles. The van der Waals surface area contributed by atoms with Crippen molar-refractivity contribution >= 4 is 23.3 Å². The highest BCUT2D eigenvalue weighted by atomic mass is 35.5. The molecule has 3 rings (SSSR count). The van der Waals surface area contributed by atoms with Gasteiger partial charge in [-0.15, -0.1) is 0 Å². The van der Waals surface area contributed by atoms with Crippen LogP contribution in [0.3, 0.4) is 0 Å². The first-order valence-corrected chi connectivity index (χ1v) is 8.47. The van der Waals surface area contributed by atoms with Crippen LogP contribution in [0.25, 0.3) is 0 Å². The summed E-state index contributed by atoms with van der Waals surface area (Å²) in [6, 6.07) is 11.4. The van der Waals surface area contributed by atoms with Crippen molar-refractivity contribution in [3.8, 4) is 0 Å². The third kappa shape index (κ3) is 4.28. The average Bonchev–Trinajstić information content (AvgIpc) is 3.13. The molecule has 25 heavy (non-hydrogen) atoms. The molecule has 1 N–H and O–H groups in total. The third-order valence-corrected chi connectivity index (χ3v) is 4.28. The lowest BCUT2D eigenvalue weighted by atomic mass is 10.2. The van der Waals surface area contributed by atoms with Gasteiger partial charge in [0.05, 0.1) is 18.4 Å². The van der Waals surface area contributed by atoms with Gasteiger partial charge in [0.25, 0.3) is 0 Å². The molecule has 0 atom stereocenters. The lowest BCUT2D eigenvalue weighted by molar-refractivity contribution is -0.116. The standard InChI is InChI=1S/C18H20ClN5O/c1-13-11-14(2)23(22-13)10-8-18(25)21-17-7-9-20-24(17)12-15-5-3-4-6-16(15)19/h3-7,9,11H,8,10,12H2,1-2H3,(H,21,25). The summed E-state index contributed by atoms with van der Waals surface area (Å²) in [6.07, 6.45) is 2.01. The van der Waals surface area contributed by atoms with Crippen LogP contribution in [0.4, 0.5) is 5.82 Å². The molecule has 0 unspecified atom stereocenters. The summed E-state index contributed by atoms with van der Waals surface area (Å²) in [7, 11) is 0. The van der Waals surface area contributed by atoms with Gasteiger partial charge in [0.2, 0.25) is 5.91 Å². The Labute approximate surface area is 151 Å². The quantitative estimate of drug-likeness (QED) is 0.735. The topological polar surface area (TPSA) is 64.7 Å². The minimum atomic E-state index is -0.0755. The Morgan fingerprint density at radius 1 is 1.20 bits per heavy atom. The number of benzene rings is 1. The van der Waals surface area contributed by atoms with Crippen molar-refractivity contribution in [1.29, 1.82) is 0 Å². The fraction of sp³-hybridized carbons (Fsp3) is 0.278. The van der Waals surface area contributed by atoms with Crippen LogP contribution in [0.15, 0.2) is 42.6 Å². The molecule has 6 nitrogen and oxygen atoms in total. The first-order chi connectivity index (χ1) is 12.0. The van der Waals surface area contributed by atoms with E-state index in [0.717, 1.165) is 17.0 Å². The Balaban J connectivity index is 1.62. The van der Waals surface area contributed by atoms with E-state index in [9.17, 15) is 4.79 Å². The van der Waals surface area contributed by atoms with E-state index in [1.165, 1.54) is 0 Å². The minimum absolute atomic E-state index is 0.0755. The van der Waals surface area contributed by atoms with E-state index < -0.39 is 0 Å². The van der Waals surface area contributed by atoms with Crippen LogP contribution in [0.1, 0.15) is 23.4 Å². The molecule has 1 aromatic carbocycles. The molecule has 2 heterocycles.